The Bertz CT molecular complexity index is 2970. The predicted molar refractivity (Wildman–Crippen MR) is 257 cm³/mol. The van der Waals surface area contributed by atoms with E-state index in [-0.39, 0.29) is 58.5 Å². The zero-order valence-electron chi connectivity index (χ0n) is 38.4. The number of benzene rings is 2. The Labute approximate surface area is 407 Å². The number of carbonyl (C=O) groups is 2. The highest BCUT2D eigenvalue weighted by molar-refractivity contribution is 8.07. The number of hydrogen-bond acceptors (Lipinski definition) is 18. The molecule has 1 aliphatic carbocycles. The first-order valence-electron chi connectivity index (χ1n) is 22.0. The van der Waals surface area contributed by atoms with Crippen molar-refractivity contribution in [3.8, 4) is 6.07 Å². The van der Waals surface area contributed by atoms with Crippen molar-refractivity contribution in [3.05, 3.63) is 97.1 Å². The van der Waals surface area contributed by atoms with Gasteiger partial charge in [-0.25, -0.2) is 34.3 Å². The molecule has 8 rings (SSSR count). The van der Waals surface area contributed by atoms with Gasteiger partial charge >= 0.3 is 15.0 Å². The average Bonchev–Trinajstić information content (AvgIpc) is 4.10. The van der Waals surface area contributed by atoms with Crippen LogP contribution in [0.1, 0.15) is 66.6 Å². The molecule has 2 aliphatic rings. The Hall–Kier alpha value is -5.32. The molecule has 2 unspecified atom stereocenters. The van der Waals surface area contributed by atoms with Crippen molar-refractivity contribution in [2.24, 2.45) is 0 Å². The standard InChI is InChI=1S/C43H50FN11O11P2SSi/c1-43(2,3)70(4,5)66-34-28(56)19-27(54-23-50-31-36(46-21-48-38(31)54)52-40(57)25-13-8-6-9-14-25)33(34)65-68(69,61-18-12-17-45)62-20-29-35(64-67(59)60)30(44)42(63-29)55-24-51-32-37(47-22-49-39(32)55)53-41(58)26-15-10-7-11-16-26/h6-11,13-16,21-24,27-30,33-35,42,56,67H,12,18-20H2,1-5H3,(H,59,60)(H,46,48,52,57)(H,47,49,53,58)/t27-,28+,29-,30-,33+,34-,35-,42-,68?/m1/s1. The number of carbonyl (C=O) groups excluding carboxylic acids is 2. The smallest absolute Gasteiger partial charge is 0.327 e. The third-order valence-electron chi connectivity index (χ3n) is 12.3. The van der Waals surface area contributed by atoms with Crippen LogP contribution in [0, 0.1) is 11.3 Å². The highest BCUT2D eigenvalue weighted by Crippen LogP contribution is 2.56. The monoisotopic (exact) mass is 1040 g/mol. The van der Waals surface area contributed by atoms with Gasteiger partial charge in [0.15, 0.2) is 54.7 Å². The van der Waals surface area contributed by atoms with Crippen LogP contribution in [-0.4, -0.2) is 119 Å². The third-order valence-corrected chi connectivity index (χ3v) is 19.6. The zero-order valence-corrected chi connectivity index (χ0v) is 42.1. The van der Waals surface area contributed by atoms with Crippen LogP contribution >= 0.6 is 15.0 Å². The molecule has 1 saturated carbocycles. The minimum Gasteiger partial charge on any atom is -0.409 e. The summed E-state index contributed by atoms with van der Waals surface area (Å²) in [5.74, 6) is -0.745. The molecule has 1 saturated heterocycles. The van der Waals surface area contributed by atoms with Gasteiger partial charge in [-0.05, 0) is 60.6 Å². The lowest BCUT2D eigenvalue weighted by molar-refractivity contribution is -0.0494. The van der Waals surface area contributed by atoms with E-state index >= 15 is 4.39 Å². The molecule has 1 aliphatic heterocycles. The van der Waals surface area contributed by atoms with E-state index in [4.69, 9.17) is 39.1 Å². The molecule has 27 heteroatoms. The van der Waals surface area contributed by atoms with Crippen molar-refractivity contribution in [2.75, 3.05) is 23.8 Å². The molecule has 0 spiro atoms. The van der Waals surface area contributed by atoms with Crippen LogP contribution in [0.25, 0.3) is 22.3 Å². The molecule has 2 fully saturated rings. The van der Waals surface area contributed by atoms with E-state index in [9.17, 15) is 29.4 Å². The second-order valence-electron chi connectivity index (χ2n) is 17.9. The fourth-order valence-corrected chi connectivity index (χ4v) is 11.7. The summed E-state index contributed by atoms with van der Waals surface area (Å²) in [5, 5.41) is 26.5. The summed E-state index contributed by atoms with van der Waals surface area (Å²) in [7, 11) is -6.48. The molecule has 4 N–H and O–H groups in total. The molecular weight excluding hydrogens is 988 g/mol. The average molecular weight is 1040 g/mol. The van der Waals surface area contributed by atoms with Crippen LogP contribution in [0.4, 0.5) is 16.0 Å². The number of nitrogens with one attached hydrogen (secondary N) is 2. The van der Waals surface area contributed by atoms with Gasteiger partial charge in [0, 0.05) is 11.1 Å². The number of alkyl halides is 1. The topological polar surface area (TPSA) is 282 Å². The number of aliphatic hydroxyl groups excluding tert-OH is 1. The SMILES string of the molecule is CC(C)(C)[Si](C)(C)O[C@H]1[C@@H](OP(=S)(OCCC#N)OC[C@H]2O[C@@H](n3cnc4c(NC(=O)c5ccccc5)ncnc43)[C@H](F)[C@@H]2O[PH](=O)O)[C@H](n2cnc3c(NC(=O)c4ccccc4)ncnc32)C[C@@H]1O. The molecule has 5 heterocycles. The van der Waals surface area contributed by atoms with Gasteiger partial charge in [-0.1, -0.05) is 57.2 Å². The maximum atomic E-state index is 16.7. The third kappa shape index (κ3) is 10.9. The summed E-state index contributed by atoms with van der Waals surface area (Å²) >= 11 is 6.05. The van der Waals surface area contributed by atoms with Gasteiger partial charge in [0.1, 0.15) is 31.0 Å². The fourth-order valence-electron chi connectivity index (χ4n) is 7.80. The van der Waals surface area contributed by atoms with Crippen LogP contribution in [0.5, 0.6) is 0 Å². The number of halogens is 1. The van der Waals surface area contributed by atoms with Crippen LogP contribution in [0.15, 0.2) is 86.0 Å². The van der Waals surface area contributed by atoms with Crippen molar-refractivity contribution in [2.45, 2.75) is 101 Å². The number of aromatic nitrogens is 8. The first-order chi connectivity index (χ1) is 33.4. The number of hydrogen-bond donors (Lipinski definition) is 4. The highest BCUT2D eigenvalue weighted by Gasteiger charge is 2.54. The van der Waals surface area contributed by atoms with E-state index in [2.05, 4.69) is 40.5 Å². The van der Waals surface area contributed by atoms with Crippen LogP contribution in [0.3, 0.4) is 0 Å². The molecule has 22 nitrogen and oxygen atoms in total. The van der Waals surface area contributed by atoms with Crippen LogP contribution in [0.2, 0.25) is 18.1 Å². The Morgan fingerprint density at radius 3 is 2.00 bits per heavy atom. The Kier molecular flexibility index (Phi) is 15.4. The van der Waals surface area contributed by atoms with Gasteiger partial charge in [-0.3, -0.25) is 18.7 Å². The van der Waals surface area contributed by atoms with Gasteiger partial charge in [-0.2, -0.15) is 5.26 Å². The van der Waals surface area contributed by atoms with E-state index < -0.39 is 90.7 Å². The van der Waals surface area contributed by atoms with Gasteiger partial charge in [0.05, 0.1) is 56.6 Å². The summed E-state index contributed by atoms with van der Waals surface area (Å²) < 4.78 is 69.1. The number of nitrogens with zero attached hydrogens (tertiary/aromatic N) is 9. The van der Waals surface area contributed by atoms with Gasteiger partial charge in [0.2, 0.25) is 0 Å². The second-order valence-corrected chi connectivity index (χ2v) is 26.3. The highest BCUT2D eigenvalue weighted by atomic mass is 32.5. The summed E-state index contributed by atoms with van der Waals surface area (Å²) in [4.78, 5) is 62.2. The number of anilines is 2. The lowest BCUT2D eigenvalue weighted by atomic mass is 10.1. The minimum atomic E-state index is -4.12. The van der Waals surface area contributed by atoms with Gasteiger partial charge < -0.3 is 52.5 Å². The first-order valence-corrected chi connectivity index (χ1v) is 28.7. The number of imidazole rings is 2. The second kappa shape index (κ2) is 21.2. The van der Waals surface area contributed by atoms with Crippen LogP contribution in [-0.2, 0) is 43.6 Å². The van der Waals surface area contributed by atoms with E-state index in [1.165, 1.54) is 23.5 Å². The van der Waals surface area contributed by atoms with Crippen molar-refractivity contribution in [1.82, 2.24) is 39.0 Å². The Morgan fingerprint density at radius 1 is 0.900 bits per heavy atom. The van der Waals surface area contributed by atoms with E-state index in [0.717, 1.165) is 6.33 Å². The van der Waals surface area contributed by atoms with Crippen molar-refractivity contribution in [1.29, 1.82) is 5.26 Å². The number of nitriles is 1. The number of amides is 2. The first kappa shape index (κ1) is 51.0. The number of rotatable bonds is 18. The molecule has 0 radical (unpaired) electrons. The largest absolute Gasteiger partial charge is 0.409 e. The molecule has 10 atom stereocenters. The zero-order chi connectivity index (χ0) is 50.0. The van der Waals surface area contributed by atoms with Gasteiger partial charge in [-0.15, -0.1) is 0 Å². The molecule has 70 heavy (non-hydrogen) atoms. The van der Waals surface area contributed by atoms with E-state index in [1.807, 2.05) is 39.9 Å². The Balaban J connectivity index is 1.09. The quantitative estimate of drug-likeness (QED) is 0.0410. The molecule has 4 aromatic heterocycles. The normalized spacial score (nSPS) is 24.0. The summed E-state index contributed by atoms with van der Waals surface area (Å²) in [6.07, 6.45) is -5.17. The van der Waals surface area contributed by atoms with Crippen molar-refractivity contribution >= 4 is 80.9 Å². The van der Waals surface area contributed by atoms with Crippen LogP contribution < -0.4 is 10.6 Å². The van der Waals surface area contributed by atoms with E-state index in [0.29, 0.717) is 11.1 Å². The fraction of sp³-hybridized carbons (Fsp3) is 0.419. The predicted octanol–water partition coefficient (Wildman–Crippen LogP) is 6.43. The summed E-state index contributed by atoms with van der Waals surface area (Å²) in [5.41, 5.74) is 1.41. The number of aliphatic hydroxyl groups is 1. The number of fused-ring (bicyclic) bond motifs is 2. The Morgan fingerprint density at radius 2 is 1.46 bits per heavy atom. The molecule has 2 amide bonds. The molecule has 6 aromatic rings. The van der Waals surface area contributed by atoms with Gasteiger partial charge in [0.25, 0.3) is 11.8 Å². The molecule has 0 bridgehead atoms. The summed E-state index contributed by atoms with van der Waals surface area (Å²) in [6, 6.07) is 18.1. The summed E-state index contributed by atoms with van der Waals surface area (Å²) in [6.45, 7) is 5.11. The lowest BCUT2D eigenvalue weighted by Crippen LogP contribution is -2.49. The minimum absolute atomic E-state index is 0.0315. The molecule has 370 valence electrons. The maximum absolute atomic E-state index is 16.7. The maximum Gasteiger partial charge on any atom is 0.327 e. The molecular formula is C43H50FN11O11P2SSi. The number of ether oxygens (including phenoxy) is 1. The van der Waals surface area contributed by atoms with E-state index in [1.54, 1.807) is 65.2 Å². The van der Waals surface area contributed by atoms with Crippen molar-refractivity contribution in [3.63, 3.8) is 0 Å². The molecule has 2 aromatic carbocycles. The lowest BCUT2D eigenvalue weighted by Gasteiger charge is -2.41. The van der Waals surface area contributed by atoms with Crippen molar-refractivity contribution < 1.29 is 55.8 Å².